The Balaban J connectivity index is 2.83. The standard InChI is InChI=1S/C13H14N4O5S/c1-8(13(19)20)17-12(18)9(6-14)7-16-10-2-4-11(5-3-10)23(15,21)22/h2-5,7-8,16H,1H3,(H,17,18)(H,19,20)(H2,15,21,22)/b9-7-. The Morgan fingerprint density at radius 2 is 1.91 bits per heavy atom. The third kappa shape index (κ3) is 5.42. The SMILES string of the molecule is CC(NC(=O)/C(C#N)=C\Nc1ccc(S(N)(=O)=O)cc1)C(=O)O. The molecular formula is C13H14N4O5S. The topological polar surface area (TPSA) is 162 Å². The monoisotopic (exact) mass is 338 g/mol. The van der Waals surface area contributed by atoms with E-state index >= 15 is 0 Å². The van der Waals surface area contributed by atoms with E-state index in [2.05, 4.69) is 10.6 Å². The zero-order valence-electron chi connectivity index (χ0n) is 12.0. The molecular weight excluding hydrogens is 324 g/mol. The van der Waals surface area contributed by atoms with Gasteiger partial charge < -0.3 is 15.7 Å². The van der Waals surface area contributed by atoms with E-state index in [1.165, 1.54) is 31.2 Å². The van der Waals surface area contributed by atoms with E-state index in [-0.39, 0.29) is 10.5 Å². The van der Waals surface area contributed by atoms with Crippen molar-refractivity contribution in [2.45, 2.75) is 17.9 Å². The first-order chi connectivity index (χ1) is 10.6. The Labute approximate surface area is 132 Å². The number of nitriles is 1. The average molecular weight is 338 g/mol. The number of aliphatic carboxylic acids is 1. The fourth-order valence-electron chi connectivity index (χ4n) is 1.38. The van der Waals surface area contributed by atoms with Gasteiger partial charge in [-0.3, -0.25) is 9.59 Å². The molecule has 0 aliphatic heterocycles. The van der Waals surface area contributed by atoms with Crippen LogP contribution in [0.25, 0.3) is 0 Å². The maximum absolute atomic E-state index is 11.7. The predicted molar refractivity (Wildman–Crippen MR) is 80.4 cm³/mol. The number of sulfonamides is 1. The number of rotatable bonds is 6. The van der Waals surface area contributed by atoms with Gasteiger partial charge in [0.1, 0.15) is 17.7 Å². The minimum atomic E-state index is -3.81. The fourth-order valence-corrected chi connectivity index (χ4v) is 1.90. The predicted octanol–water partition coefficient (Wildman–Crippen LogP) is -0.257. The number of nitrogens with zero attached hydrogens (tertiary/aromatic N) is 1. The lowest BCUT2D eigenvalue weighted by atomic mass is 10.2. The van der Waals surface area contributed by atoms with Gasteiger partial charge in [0.15, 0.2) is 0 Å². The van der Waals surface area contributed by atoms with Gasteiger partial charge in [-0.1, -0.05) is 0 Å². The summed E-state index contributed by atoms with van der Waals surface area (Å²) in [4.78, 5) is 22.3. The van der Waals surface area contributed by atoms with Gasteiger partial charge in [-0.2, -0.15) is 5.26 Å². The Morgan fingerprint density at radius 3 is 2.35 bits per heavy atom. The average Bonchev–Trinajstić information content (AvgIpc) is 2.47. The van der Waals surface area contributed by atoms with Gasteiger partial charge in [0.05, 0.1) is 4.90 Å². The number of nitrogens with two attached hydrogens (primary N) is 1. The van der Waals surface area contributed by atoms with Crippen molar-refractivity contribution in [3.05, 3.63) is 36.0 Å². The van der Waals surface area contributed by atoms with Gasteiger partial charge in [-0.15, -0.1) is 0 Å². The summed E-state index contributed by atoms with van der Waals surface area (Å²) >= 11 is 0. The van der Waals surface area contributed by atoms with E-state index in [4.69, 9.17) is 15.5 Å². The van der Waals surface area contributed by atoms with Gasteiger partial charge >= 0.3 is 5.97 Å². The van der Waals surface area contributed by atoms with Crippen LogP contribution in [0.2, 0.25) is 0 Å². The number of hydrogen-bond donors (Lipinski definition) is 4. The van der Waals surface area contributed by atoms with Crippen molar-refractivity contribution in [1.29, 1.82) is 5.26 Å². The lowest BCUT2D eigenvalue weighted by molar-refractivity contribution is -0.140. The molecule has 0 spiro atoms. The van der Waals surface area contributed by atoms with Crippen molar-refractivity contribution in [3.8, 4) is 6.07 Å². The molecule has 1 aromatic rings. The van der Waals surface area contributed by atoms with Crippen LogP contribution in [-0.2, 0) is 19.6 Å². The van der Waals surface area contributed by atoms with Crippen LogP contribution in [0.5, 0.6) is 0 Å². The summed E-state index contributed by atoms with van der Waals surface area (Å²) < 4.78 is 22.2. The Hall–Kier alpha value is -2.90. The van der Waals surface area contributed by atoms with Crippen LogP contribution >= 0.6 is 0 Å². The highest BCUT2D eigenvalue weighted by molar-refractivity contribution is 7.89. The lowest BCUT2D eigenvalue weighted by Crippen LogP contribution is -2.39. The molecule has 0 aliphatic carbocycles. The molecule has 0 fully saturated rings. The van der Waals surface area contributed by atoms with Crippen LogP contribution in [0.3, 0.4) is 0 Å². The molecule has 122 valence electrons. The van der Waals surface area contributed by atoms with Crippen LogP contribution in [0.15, 0.2) is 40.9 Å². The van der Waals surface area contributed by atoms with Crippen LogP contribution in [-0.4, -0.2) is 31.4 Å². The van der Waals surface area contributed by atoms with Gasteiger partial charge in [0, 0.05) is 11.9 Å². The van der Waals surface area contributed by atoms with Crippen molar-refractivity contribution >= 4 is 27.6 Å². The van der Waals surface area contributed by atoms with Crippen LogP contribution < -0.4 is 15.8 Å². The molecule has 0 aromatic heterocycles. The maximum Gasteiger partial charge on any atom is 0.325 e. The van der Waals surface area contributed by atoms with E-state index in [1.807, 2.05) is 0 Å². The van der Waals surface area contributed by atoms with E-state index in [0.717, 1.165) is 6.20 Å². The molecule has 5 N–H and O–H groups in total. The van der Waals surface area contributed by atoms with Gasteiger partial charge in [-0.25, -0.2) is 13.6 Å². The molecule has 0 saturated carbocycles. The molecule has 23 heavy (non-hydrogen) atoms. The van der Waals surface area contributed by atoms with E-state index in [1.54, 1.807) is 6.07 Å². The Bertz CT molecular complexity index is 778. The van der Waals surface area contributed by atoms with Crippen LogP contribution in [0, 0.1) is 11.3 Å². The van der Waals surface area contributed by atoms with Crippen LogP contribution in [0.4, 0.5) is 5.69 Å². The first-order valence-electron chi connectivity index (χ1n) is 6.18. The zero-order chi connectivity index (χ0) is 17.6. The summed E-state index contributed by atoms with van der Waals surface area (Å²) in [5, 5.41) is 27.3. The molecule has 1 atom stereocenters. The summed E-state index contributed by atoms with van der Waals surface area (Å²) in [5.74, 6) is -2.08. The molecule has 1 rings (SSSR count). The first kappa shape index (κ1) is 18.1. The molecule has 0 heterocycles. The van der Waals surface area contributed by atoms with E-state index in [9.17, 15) is 18.0 Å². The molecule has 0 radical (unpaired) electrons. The minimum absolute atomic E-state index is 0.0828. The quantitative estimate of drug-likeness (QED) is 0.410. The lowest BCUT2D eigenvalue weighted by Gasteiger charge is -2.08. The largest absolute Gasteiger partial charge is 0.480 e. The second-order valence-corrected chi connectivity index (χ2v) is 5.98. The molecule has 0 bridgehead atoms. The third-order valence-electron chi connectivity index (χ3n) is 2.65. The van der Waals surface area contributed by atoms with Crippen molar-refractivity contribution in [1.82, 2.24) is 5.32 Å². The maximum atomic E-state index is 11.7. The van der Waals surface area contributed by atoms with E-state index in [0.29, 0.717) is 5.69 Å². The van der Waals surface area contributed by atoms with Gasteiger partial charge in [-0.05, 0) is 31.2 Å². The number of primary sulfonamides is 1. The molecule has 9 nitrogen and oxygen atoms in total. The van der Waals surface area contributed by atoms with Gasteiger partial charge in [0.2, 0.25) is 10.0 Å². The highest BCUT2D eigenvalue weighted by atomic mass is 32.2. The number of carboxylic acids is 1. The summed E-state index contributed by atoms with van der Waals surface area (Å²) in [6.07, 6.45) is 1.08. The number of carbonyl (C=O) groups is 2. The Kier molecular flexibility index (Phi) is 5.83. The van der Waals surface area contributed by atoms with E-state index < -0.39 is 27.9 Å². The zero-order valence-corrected chi connectivity index (χ0v) is 12.8. The molecule has 1 unspecified atom stereocenters. The molecule has 1 amide bonds. The second kappa shape index (κ2) is 7.39. The van der Waals surface area contributed by atoms with Crippen molar-refractivity contribution in [2.75, 3.05) is 5.32 Å². The summed E-state index contributed by atoms with van der Waals surface area (Å²) in [6.45, 7) is 1.26. The number of carbonyl (C=O) groups excluding carboxylic acids is 1. The van der Waals surface area contributed by atoms with Crippen LogP contribution in [0.1, 0.15) is 6.92 Å². The summed E-state index contributed by atoms with van der Waals surface area (Å²) in [6, 6.07) is 5.78. The molecule has 10 heteroatoms. The second-order valence-electron chi connectivity index (χ2n) is 4.42. The first-order valence-corrected chi connectivity index (χ1v) is 7.73. The Morgan fingerprint density at radius 1 is 1.35 bits per heavy atom. The summed E-state index contributed by atoms with van der Waals surface area (Å²) in [5.41, 5.74) is 0.0675. The van der Waals surface area contributed by atoms with Crippen molar-refractivity contribution in [3.63, 3.8) is 0 Å². The number of amides is 1. The summed E-state index contributed by atoms with van der Waals surface area (Å²) in [7, 11) is -3.81. The normalized spacial score (nSPS) is 12.8. The highest BCUT2D eigenvalue weighted by Gasteiger charge is 2.17. The van der Waals surface area contributed by atoms with Gasteiger partial charge in [0.25, 0.3) is 5.91 Å². The number of hydrogen-bond acceptors (Lipinski definition) is 6. The fraction of sp³-hybridized carbons (Fsp3) is 0.154. The molecule has 0 saturated heterocycles. The number of nitrogens with one attached hydrogen (secondary N) is 2. The number of carboxylic acid groups (broad SMARTS) is 1. The minimum Gasteiger partial charge on any atom is -0.480 e. The van der Waals surface area contributed by atoms with Crippen molar-refractivity contribution in [2.24, 2.45) is 5.14 Å². The number of anilines is 1. The molecule has 0 aliphatic rings. The molecule has 1 aromatic carbocycles. The highest BCUT2D eigenvalue weighted by Crippen LogP contribution is 2.13. The third-order valence-corrected chi connectivity index (χ3v) is 3.58. The smallest absolute Gasteiger partial charge is 0.325 e. The van der Waals surface area contributed by atoms with Crippen molar-refractivity contribution < 1.29 is 23.1 Å². The number of benzene rings is 1.